The third kappa shape index (κ3) is 3.33. The van der Waals surface area contributed by atoms with E-state index in [1.165, 1.54) is 18.4 Å². The first-order valence-electron chi connectivity index (χ1n) is 9.11. The van der Waals surface area contributed by atoms with E-state index in [-0.39, 0.29) is 17.4 Å². The largest absolute Gasteiger partial charge is 0.384 e. The van der Waals surface area contributed by atoms with Crippen LogP contribution >= 0.6 is 0 Å². The van der Waals surface area contributed by atoms with E-state index in [1.807, 2.05) is 18.5 Å². The summed E-state index contributed by atoms with van der Waals surface area (Å²) < 4.78 is 5.26. The van der Waals surface area contributed by atoms with Gasteiger partial charge in [-0.3, -0.25) is 14.7 Å². The van der Waals surface area contributed by atoms with Crippen LogP contribution in [0.5, 0.6) is 0 Å². The number of pyridine rings is 1. The standard InChI is InChI=1S/C19H27N3O2/c1-24-13-19(6-7-19)18(23)21-17-12-22(11-16(17)15-4-5-15)10-14-3-2-8-20-9-14/h2-3,8-9,15-17H,4-7,10-13H2,1H3,(H,21,23). The number of nitrogens with one attached hydrogen (secondary N) is 1. The molecule has 3 aliphatic rings. The maximum absolute atomic E-state index is 12.7. The van der Waals surface area contributed by atoms with Gasteiger partial charge in [0, 0.05) is 45.2 Å². The molecule has 1 aliphatic heterocycles. The van der Waals surface area contributed by atoms with Gasteiger partial charge < -0.3 is 10.1 Å². The first-order chi connectivity index (χ1) is 11.7. The van der Waals surface area contributed by atoms with E-state index in [1.54, 1.807) is 7.11 Å². The van der Waals surface area contributed by atoms with Gasteiger partial charge in [-0.15, -0.1) is 0 Å². The van der Waals surface area contributed by atoms with Crippen LogP contribution < -0.4 is 5.32 Å². The van der Waals surface area contributed by atoms with E-state index >= 15 is 0 Å². The van der Waals surface area contributed by atoms with Crippen LogP contribution in [-0.2, 0) is 16.1 Å². The maximum atomic E-state index is 12.7. The number of hydrogen-bond donors (Lipinski definition) is 1. The monoisotopic (exact) mass is 329 g/mol. The minimum absolute atomic E-state index is 0.211. The summed E-state index contributed by atoms with van der Waals surface area (Å²) in [5.41, 5.74) is 1.01. The Balaban J connectivity index is 1.39. The number of aromatic nitrogens is 1. The lowest BCUT2D eigenvalue weighted by Crippen LogP contribution is -2.45. The molecule has 2 heterocycles. The molecule has 2 aliphatic carbocycles. The van der Waals surface area contributed by atoms with Gasteiger partial charge in [-0.2, -0.15) is 0 Å². The molecular weight excluding hydrogens is 302 g/mol. The SMILES string of the molecule is COCC1(C(=O)NC2CN(Cc3cccnc3)CC2C2CC2)CC1. The van der Waals surface area contributed by atoms with Gasteiger partial charge >= 0.3 is 0 Å². The number of carbonyl (C=O) groups is 1. The average Bonchev–Trinajstić information content (AvgIpc) is 3.49. The Labute approximate surface area is 143 Å². The molecule has 4 rings (SSSR count). The zero-order valence-corrected chi connectivity index (χ0v) is 14.4. The van der Waals surface area contributed by atoms with Crippen molar-refractivity contribution in [2.75, 3.05) is 26.8 Å². The number of nitrogens with zero attached hydrogens (tertiary/aromatic N) is 2. The van der Waals surface area contributed by atoms with Crippen LogP contribution in [0.25, 0.3) is 0 Å². The minimum atomic E-state index is -0.236. The van der Waals surface area contributed by atoms with Gasteiger partial charge in [-0.05, 0) is 49.1 Å². The Bertz CT molecular complexity index is 584. The molecule has 0 aromatic carbocycles. The van der Waals surface area contributed by atoms with Gasteiger partial charge in [-0.1, -0.05) is 6.07 Å². The molecule has 0 spiro atoms. The van der Waals surface area contributed by atoms with Gasteiger partial charge in [0.1, 0.15) is 0 Å². The number of rotatable bonds is 7. The number of ether oxygens (including phenoxy) is 1. The van der Waals surface area contributed by atoms with E-state index in [2.05, 4.69) is 21.3 Å². The van der Waals surface area contributed by atoms with E-state index in [0.717, 1.165) is 38.4 Å². The summed E-state index contributed by atoms with van der Waals surface area (Å²) in [5.74, 6) is 1.61. The molecule has 24 heavy (non-hydrogen) atoms. The fourth-order valence-electron chi connectivity index (χ4n) is 4.13. The predicted octanol–water partition coefficient (Wildman–Crippen LogP) is 1.83. The smallest absolute Gasteiger partial charge is 0.228 e. The molecule has 130 valence electrons. The number of carbonyl (C=O) groups excluding carboxylic acids is 1. The highest BCUT2D eigenvalue weighted by Crippen LogP contribution is 2.47. The molecule has 2 unspecified atom stereocenters. The Morgan fingerprint density at radius 1 is 1.42 bits per heavy atom. The molecule has 1 amide bonds. The normalized spacial score (nSPS) is 28.7. The second-order valence-electron chi connectivity index (χ2n) is 7.85. The predicted molar refractivity (Wildman–Crippen MR) is 91.2 cm³/mol. The zero-order valence-electron chi connectivity index (χ0n) is 14.4. The Morgan fingerprint density at radius 2 is 2.25 bits per heavy atom. The van der Waals surface area contributed by atoms with Gasteiger partial charge in [0.2, 0.25) is 5.91 Å². The van der Waals surface area contributed by atoms with Crippen LogP contribution in [0.3, 0.4) is 0 Å². The Morgan fingerprint density at radius 3 is 2.88 bits per heavy atom. The average molecular weight is 329 g/mol. The quantitative estimate of drug-likeness (QED) is 0.829. The summed E-state index contributed by atoms with van der Waals surface area (Å²) in [4.78, 5) is 19.4. The topological polar surface area (TPSA) is 54.5 Å². The molecule has 5 heteroatoms. The number of hydrogen-bond acceptors (Lipinski definition) is 4. The highest BCUT2D eigenvalue weighted by molar-refractivity contribution is 5.85. The molecule has 1 saturated heterocycles. The zero-order chi connectivity index (χ0) is 16.6. The van der Waals surface area contributed by atoms with Crippen molar-refractivity contribution in [3.8, 4) is 0 Å². The molecule has 1 N–H and O–H groups in total. The molecule has 5 nitrogen and oxygen atoms in total. The van der Waals surface area contributed by atoms with Crippen molar-refractivity contribution in [1.29, 1.82) is 0 Å². The van der Waals surface area contributed by atoms with Crippen molar-refractivity contribution in [2.24, 2.45) is 17.3 Å². The Kier molecular flexibility index (Phi) is 4.31. The minimum Gasteiger partial charge on any atom is -0.384 e. The lowest BCUT2D eigenvalue weighted by molar-refractivity contribution is -0.129. The summed E-state index contributed by atoms with van der Waals surface area (Å²) in [6, 6.07) is 4.41. The summed E-state index contributed by atoms with van der Waals surface area (Å²) in [6.07, 6.45) is 8.33. The van der Waals surface area contributed by atoms with Crippen LogP contribution in [0, 0.1) is 17.3 Å². The Hall–Kier alpha value is -1.46. The third-order valence-corrected chi connectivity index (χ3v) is 5.87. The molecule has 1 aromatic heterocycles. The summed E-state index contributed by atoms with van der Waals surface area (Å²) in [7, 11) is 1.69. The molecule has 2 atom stereocenters. The van der Waals surface area contributed by atoms with Crippen LogP contribution in [0.4, 0.5) is 0 Å². The van der Waals surface area contributed by atoms with Crippen molar-refractivity contribution in [2.45, 2.75) is 38.3 Å². The summed E-state index contributed by atoms with van der Waals surface area (Å²) >= 11 is 0. The number of likely N-dealkylation sites (tertiary alicyclic amines) is 1. The fourth-order valence-corrected chi connectivity index (χ4v) is 4.13. The lowest BCUT2D eigenvalue weighted by atomic mass is 9.97. The molecule has 0 bridgehead atoms. The van der Waals surface area contributed by atoms with Crippen molar-refractivity contribution >= 4 is 5.91 Å². The van der Waals surface area contributed by atoms with Crippen molar-refractivity contribution in [3.05, 3.63) is 30.1 Å². The lowest BCUT2D eigenvalue weighted by Gasteiger charge is -2.23. The first kappa shape index (κ1) is 16.0. The van der Waals surface area contributed by atoms with Gasteiger partial charge in [0.25, 0.3) is 0 Å². The number of methoxy groups -OCH3 is 1. The summed E-state index contributed by atoms with van der Waals surface area (Å²) in [6.45, 7) is 3.51. The number of amides is 1. The van der Waals surface area contributed by atoms with Gasteiger partial charge in [0.15, 0.2) is 0 Å². The highest BCUT2D eigenvalue weighted by Gasteiger charge is 2.52. The van der Waals surface area contributed by atoms with Crippen LogP contribution in [0.2, 0.25) is 0 Å². The third-order valence-electron chi connectivity index (χ3n) is 5.87. The van der Waals surface area contributed by atoms with Gasteiger partial charge in [0.05, 0.1) is 12.0 Å². The van der Waals surface area contributed by atoms with Gasteiger partial charge in [-0.25, -0.2) is 0 Å². The van der Waals surface area contributed by atoms with E-state index in [0.29, 0.717) is 12.5 Å². The molecule has 1 aromatic rings. The van der Waals surface area contributed by atoms with Crippen LogP contribution in [-0.4, -0.2) is 48.6 Å². The van der Waals surface area contributed by atoms with E-state index in [9.17, 15) is 4.79 Å². The second kappa shape index (κ2) is 6.45. The first-order valence-corrected chi connectivity index (χ1v) is 9.11. The van der Waals surface area contributed by atoms with Crippen LogP contribution in [0.1, 0.15) is 31.2 Å². The molecular formula is C19H27N3O2. The van der Waals surface area contributed by atoms with E-state index < -0.39 is 0 Å². The van der Waals surface area contributed by atoms with Crippen molar-refractivity contribution in [3.63, 3.8) is 0 Å². The van der Waals surface area contributed by atoms with E-state index in [4.69, 9.17) is 4.74 Å². The van der Waals surface area contributed by atoms with Crippen molar-refractivity contribution in [1.82, 2.24) is 15.2 Å². The summed E-state index contributed by atoms with van der Waals surface area (Å²) in [5, 5.41) is 3.38. The second-order valence-corrected chi connectivity index (χ2v) is 7.85. The maximum Gasteiger partial charge on any atom is 0.228 e. The highest BCUT2D eigenvalue weighted by atomic mass is 16.5. The molecule has 3 fully saturated rings. The van der Waals surface area contributed by atoms with Crippen LogP contribution in [0.15, 0.2) is 24.5 Å². The van der Waals surface area contributed by atoms with Crippen molar-refractivity contribution < 1.29 is 9.53 Å². The molecule has 2 saturated carbocycles. The molecule has 0 radical (unpaired) electrons. The fraction of sp³-hybridized carbons (Fsp3) is 0.684.